The molecule has 0 amide bonds. The second-order valence-electron chi connectivity index (χ2n) is 7.76. The van der Waals surface area contributed by atoms with E-state index in [0.29, 0.717) is 5.82 Å². The number of fused-ring (bicyclic) bond motifs is 3. The first-order valence-electron chi connectivity index (χ1n) is 9.63. The molecule has 4 heteroatoms. The first-order valence-corrected chi connectivity index (χ1v) is 9.63. The Morgan fingerprint density at radius 1 is 0.929 bits per heavy atom. The third kappa shape index (κ3) is 3.38. The Morgan fingerprint density at radius 2 is 1.75 bits per heavy atom. The largest absolute Gasteiger partial charge is 0.382 e. The van der Waals surface area contributed by atoms with E-state index in [4.69, 9.17) is 5.73 Å². The zero-order valence-corrected chi connectivity index (χ0v) is 17.0. The average Bonchev–Trinajstić information content (AvgIpc) is 2.66. The molecule has 0 radical (unpaired) electrons. The number of pyridine rings is 2. The summed E-state index contributed by atoms with van der Waals surface area (Å²) >= 11 is 0. The van der Waals surface area contributed by atoms with Crippen molar-refractivity contribution < 1.29 is 0 Å². The Morgan fingerprint density at radius 3 is 2.50 bits per heavy atom. The minimum absolute atomic E-state index is 0.495. The maximum atomic E-state index is 6.17. The molecule has 142 valence electrons. The van der Waals surface area contributed by atoms with Crippen LogP contribution in [0.1, 0.15) is 22.3 Å². The van der Waals surface area contributed by atoms with E-state index in [1.807, 2.05) is 6.20 Å². The fourth-order valence-electron chi connectivity index (χ4n) is 3.72. The molecule has 4 nitrogen and oxygen atoms in total. The number of aryl methyl sites for hydroxylation is 4. The van der Waals surface area contributed by atoms with Gasteiger partial charge in [0, 0.05) is 36.8 Å². The molecule has 2 aromatic heterocycles. The number of hydrogen-bond donors (Lipinski definition) is 1. The van der Waals surface area contributed by atoms with Crippen molar-refractivity contribution in [3.05, 3.63) is 70.9 Å². The Kier molecular flexibility index (Phi) is 4.63. The summed E-state index contributed by atoms with van der Waals surface area (Å²) in [7, 11) is 4.14. The number of aromatic nitrogens is 2. The quantitative estimate of drug-likeness (QED) is 0.523. The fraction of sp³-hybridized carbons (Fsp3) is 0.250. The Balaban J connectivity index is 1.67. The normalized spacial score (nSPS) is 11.3. The van der Waals surface area contributed by atoms with Gasteiger partial charge in [0.05, 0.1) is 5.52 Å². The number of nitrogens with two attached hydrogens (primary N) is 1. The Bertz CT molecular complexity index is 1180. The van der Waals surface area contributed by atoms with Gasteiger partial charge in [0.2, 0.25) is 0 Å². The third-order valence-electron chi connectivity index (χ3n) is 5.40. The van der Waals surface area contributed by atoms with Crippen LogP contribution < -0.4 is 10.6 Å². The maximum absolute atomic E-state index is 6.17. The molecule has 0 unspecified atom stereocenters. The molecule has 0 aliphatic carbocycles. The van der Waals surface area contributed by atoms with E-state index in [-0.39, 0.29) is 0 Å². The van der Waals surface area contributed by atoms with Crippen LogP contribution in [0.15, 0.2) is 48.7 Å². The minimum Gasteiger partial charge on any atom is -0.382 e. The summed E-state index contributed by atoms with van der Waals surface area (Å²) in [5, 5.41) is 2.19. The highest BCUT2D eigenvalue weighted by molar-refractivity contribution is 6.08. The van der Waals surface area contributed by atoms with Crippen molar-refractivity contribution in [2.75, 3.05) is 24.7 Å². The van der Waals surface area contributed by atoms with Gasteiger partial charge in [-0.1, -0.05) is 18.2 Å². The highest BCUT2D eigenvalue weighted by Gasteiger charge is 2.09. The molecule has 0 atom stereocenters. The van der Waals surface area contributed by atoms with Crippen molar-refractivity contribution in [1.29, 1.82) is 0 Å². The second-order valence-corrected chi connectivity index (χ2v) is 7.76. The Labute approximate surface area is 166 Å². The van der Waals surface area contributed by atoms with E-state index < -0.39 is 0 Å². The SMILES string of the molecule is Cc1ccc2c(c1)nc(N)c1ncc(CCc3ccc(N(C)C)cc3C)cc12. The lowest BCUT2D eigenvalue weighted by molar-refractivity contribution is 0.942. The van der Waals surface area contributed by atoms with Gasteiger partial charge in [0.25, 0.3) is 0 Å². The van der Waals surface area contributed by atoms with E-state index >= 15 is 0 Å². The lowest BCUT2D eigenvalue weighted by Crippen LogP contribution is -2.09. The number of benzene rings is 2. The molecule has 0 aliphatic heterocycles. The highest BCUT2D eigenvalue weighted by atomic mass is 15.1. The molecule has 0 saturated heterocycles. The second kappa shape index (κ2) is 7.12. The molecule has 2 aromatic carbocycles. The molecular formula is C24H26N4. The third-order valence-corrected chi connectivity index (χ3v) is 5.40. The number of nitrogen functional groups attached to an aromatic ring is 1. The summed E-state index contributed by atoms with van der Waals surface area (Å²) in [6.45, 7) is 4.25. The summed E-state index contributed by atoms with van der Waals surface area (Å²) in [5.41, 5.74) is 14.2. The predicted molar refractivity (Wildman–Crippen MR) is 119 cm³/mol. The van der Waals surface area contributed by atoms with Crippen LogP contribution in [0, 0.1) is 13.8 Å². The van der Waals surface area contributed by atoms with Crippen molar-refractivity contribution in [2.24, 2.45) is 0 Å². The molecule has 4 aromatic rings. The van der Waals surface area contributed by atoms with E-state index in [2.05, 4.69) is 85.3 Å². The first-order chi connectivity index (χ1) is 13.4. The summed E-state index contributed by atoms with van der Waals surface area (Å²) in [6.07, 6.45) is 3.87. The fourth-order valence-corrected chi connectivity index (χ4v) is 3.72. The van der Waals surface area contributed by atoms with Gasteiger partial charge in [-0.2, -0.15) is 0 Å². The molecule has 2 N–H and O–H groups in total. The standard InChI is InChI=1S/C24H26N4/c1-15-5-10-20-21-13-17(14-26-23(21)24(25)27-22(20)11-15)6-7-18-8-9-19(28(3)4)12-16(18)2/h5,8-14H,6-7H2,1-4H3,(H2,25,27). The molecule has 2 heterocycles. The molecule has 4 rings (SSSR count). The van der Waals surface area contributed by atoms with E-state index in [0.717, 1.165) is 34.6 Å². The summed E-state index contributed by atoms with van der Waals surface area (Å²) < 4.78 is 0. The molecule has 0 fully saturated rings. The Hall–Kier alpha value is -3.14. The smallest absolute Gasteiger partial charge is 0.150 e. The van der Waals surface area contributed by atoms with Gasteiger partial charge in [0.1, 0.15) is 5.52 Å². The van der Waals surface area contributed by atoms with Crippen molar-refractivity contribution in [3.63, 3.8) is 0 Å². The van der Waals surface area contributed by atoms with Gasteiger partial charge in [-0.05, 0) is 73.2 Å². The van der Waals surface area contributed by atoms with Crippen molar-refractivity contribution in [2.45, 2.75) is 26.7 Å². The first kappa shape index (κ1) is 18.2. The zero-order valence-electron chi connectivity index (χ0n) is 17.0. The topological polar surface area (TPSA) is 55.0 Å². The summed E-state index contributed by atoms with van der Waals surface area (Å²) in [5.74, 6) is 0.495. The highest BCUT2D eigenvalue weighted by Crippen LogP contribution is 2.28. The van der Waals surface area contributed by atoms with E-state index in [1.54, 1.807) is 0 Å². The maximum Gasteiger partial charge on any atom is 0.150 e. The van der Waals surface area contributed by atoms with E-state index in [9.17, 15) is 0 Å². The van der Waals surface area contributed by atoms with Crippen LogP contribution in [0.2, 0.25) is 0 Å². The van der Waals surface area contributed by atoms with Crippen LogP contribution in [0.25, 0.3) is 21.8 Å². The lowest BCUT2D eigenvalue weighted by Gasteiger charge is -2.15. The molecule has 28 heavy (non-hydrogen) atoms. The van der Waals surface area contributed by atoms with Gasteiger partial charge in [-0.3, -0.25) is 4.98 Å². The summed E-state index contributed by atoms with van der Waals surface area (Å²) in [6, 6.07) is 15.2. The monoisotopic (exact) mass is 370 g/mol. The van der Waals surface area contributed by atoms with Crippen molar-refractivity contribution in [3.8, 4) is 0 Å². The van der Waals surface area contributed by atoms with Crippen LogP contribution in [0.4, 0.5) is 11.5 Å². The molecule has 0 bridgehead atoms. The van der Waals surface area contributed by atoms with Crippen molar-refractivity contribution in [1.82, 2.24) is 9.97 Å². The molecule has 0 spiro atoms. The van der Waals surface area contributed by atoms with Crippen LogP contribution in [0.5, 0.6) is 0 Å². The van der Waals surface area contributed by atoms with E-state index in [1.165, 1.54) is 27.9 Å². The molecule has 0 aliphatic rings. The molecule has 0 saturated carbocycles. The number of hydrogen-bond acceptors (Lipinski definition) is 4. The molecular weight excluding hydrogens is 344 g/mol. The van der Waals surface area contributed by atoms with Crippen LogP contribution in [-0.2, 0) is 12.8 Å². The lowest BCUT2D eigenvalue weighted by atomic mass is 9.99. The zero-order chi connectivity index (χ0) is 19.8. The van der Waals surface area contributed by atoms with Gasteiger partial charge < -0.3 is 10.6 Å². The van der Waals surface area contributed by atoms with Crippen LogP contribution in [0.3, 0.4) is 0 Å². The number of nitrogens with zero attached hydrogens (tertiary/aromatic N) is 3. The van der Waals surface area contributed by atoms with Crippen LogP contribution >= 0.6 is 0 Å². The number of rotatable bonds is 4. The summed E-state index contributed by atoms with van der Waals surface area (Å²) in [4.78, 5) is 11.3. The van der Waals surface area contributed by atoms with Crippen molar-refractivity contribution >= 4 is 33.3 Å². The minimum atomic E-state index is 0.495. The van der Waals surface area contributed by atoms with Gasteiger partial charge in [-0.15, -0.1) is 0 Å². The predicted octanol–water partition coefficient (Wildman–Crippen LogP) is 4.83. The van der Waals surface area contributed by atoms with Gasteiger partial charge in [0.15, 0.2) is 5.82 Å². The number of anilines is 2. The average molecular weight is 371 g/mol. The van der Waals surface area contributed by atoms with Crippen LogP contribution in [-0.4, -0.2) is 24.1 Å². The van der Waals surface area contributed by atoms with Gasteiger partial charge >= 0.3 is 0 Å². The van der Waals surface area contributed by atoms with Gasteiger partial charge in [-0.25, -0.2) is 4.98 Å².